The number of likely N-dealkylation sites (tertiary alicyclic amines) is 1. The van der Waals surface area contributed by atoms with Gasteiger partial charge in [-0.2, -0.15) is 0 Å². The molecule has 2 amide bonds. The minimum absolute atomic E-state index is 0. The van der Waals surface area contributed by atoms with Crippen LogP contribution in [0.25, 0.3) is 0 Å². The summed E-state index contributed by atoms with van der Waals surface area (Å²) in [5.41, 5.74) is 7.13. The molecule has 6 heteroatoms. The van der Waals surface area contributed by atoms with Crippen molar-refractivity contribution in [3.63, 3.8) is 0 Å². The Labute approximate surface area is 166 Å². The van der Waals surface area contributed by atoms with E-state index in [1.54, 1.807) is 24.3 Å². The summed E-state index contributed by atoms with van der Waals surface area (Å²) in [4.78, 5) is 27.6. The molecule has 2 aromatic carbocycles. The minimum atomic E-state index is -0.705. The quantitative estimate of drug-likeness (QED) is 0.828. The SMILES string of the molecule is CC1(CN)CCN(C(=O)C(NC(=O)c2ccccc2)c2ccccc2)C1.Cl. The first-order chi connectivity index (χ1) is 12.5. The molecule has 2 unspecified atom stereocenters. The minimum Gasteiger partial charge on any atom is -0.340 e. The van der Waals surface area contributed by atoms with Crippen molar-refractivity contribution in [1.29, 1.82) is 0 Å². The lowest BCUT2D eigenvalue weighted by Crippen LogP contribution is -2.43. The molecule has 0 aromatic heterocycles. The lowest BCUT2D eigenvalue weighted by atomic mass is 9.90. The number of amides is 2. The van der Waals surface area contributed by atoms with E-state index >= 15 is 0 Å². The van der Waals surface area contributed by atoms with E-state index in [-0.39, 0.29) is 29.6 Å². The van der Waals surface area contributed by atoms with Crippen LogP contribution >= 0.6 is 12.4 Å². The summed E-state index contributed by atoms with van der Waals surface area (Å²) in [7, 11) is 0. The highest BCUT2D eigenvalue weighted by molar-refractivity contribution is 5.97. The molecule has 1 aliphatic heterocycles. The number of hydrogen-bond donors (Lipinski definition) is 2. The van der Waals surface area contributed by atoms with Crippen molar-refractivity contribution in [2.24, 2.45) is 11.1 Å². The van der Waals surface area contributed by atoms with E-state index in [2.05, 4.69) is 12.2 Å². The van der Waals surface area contributed by atoms with Gasteiger partial charge in [0.2, 0.25) is 5.91 Å². The number of nitrogens with one attached hydrogen (secondary N) is 1. The Morgan fingerprint density at radius 2 is 1.70 bits per heavy atom. The molecule has 1 fully saturated rings. The molecule has 2 aromatic rings. The van der Waals surface area contributed by atoms with Gasteiger partial charge in [0.15, 0.2) is 0 Å². The summed E-state index contributed by atoms with van der Waals surface area (Å²) >= 11 is 0. The normalized spacial score (nSPS) is 19.9. The maximum absolute atomic E-state index is 13.2. The lowest BCUT2D eigenvalue weighted by Gasteiger charge is -2.27. The van der Waals surface area contributed by atoms with E-state index in [4.69, 9.17) is 5.73 Å². The highest BCUT2D eigenvalue weighted by atomic mass is 35.5. The first kappa shape index (κ1) is 20.9. The molecule has 1 saturated heterocycles. The highest BCUT2D eigenvalue weighted by Gasteiger charge is 2.38. The van der Waals surface area contributed by atoms with Crippen LogP contribution in [0.3, 0.4) is 0 Å². The molecule has 0 saturated carbocycles. The van der Waals surface area contributed by atoms with Crippen LogP contribution < -0.4 is 11.1 Å². The smallest absolute Gasteiger partial charge is 0.252 e. The molecule has 5 nitrogen and oxygen atoms in total. The first-order valence-electron chi connectivity index (χ1n) is 8.92. The van der Waals surface area contributed by atoms with Gasteiger partial charge in [0.1, 0.15) is 6.04 Å². The van der Waals surface area contributed by atoms with Gasteiger partial charge < -0.3 is 16.0 Å². The van der Waals surface area contributed by atoms with Gasteiger partial charge in [-0.1, -0.05) is 55.5 Å². The fraction of sp³-hybridized carbons (Fsp3) is 0.333. The predicted octanol–water partition coefficient (Wildman–Crippen LogP) is 2.78. The summed E-state index contributed by atoms with van der Waals surface area (Å²) in [6, 6.07) is 17.6. The maximum Gasteiger partial charge on any atom is 0.252 e. The van der Waals surface area contributed by atoms with E-state index in [0.29, 0.717) is 25.2 Å². The number of carbonyl (C=O) groups excluding carboxylic acids is 2. The Bertz CT molecular complexity index is 770. The van der Waals surface area contributed by atoms with Crippen LogP contribution in [-0.2, 0) is 4.79 Å². The van der Waals surface area contributed by atoms with Gasteiger partial charge in [0.05, 0.1) is 0 Å². The molecular weight excluding hydrogens is 362 g/mol. The van der Waals surface area contributed by atoms with Crippen molar-refractivity contribution >= 4 is 24.2 Å². The van der Waals surface area contributed by atoms with E-state index in [1.165, 1.54) is 0 Å². The Morgan fingerprint density at radius 1 is 1.11 bits per heavy atom. The van der Waals surface area contributed by atoms with Gasteiger partial charge in [-0.25, -0.2) is 0 Å². The van der Waals surface area contributed by atoms with Gasteiger partial charge in [0.25, 0.3) is 5.91 Å². The summed E-state index contributed by atoms with van der Waals surface area (Å²) in [6.45, 7) is 3.92. The average Bonchev–Trinajstić information content (AvgIpc) is 3.10. The molecule has 1 aliphatic rings. The second-order valence-electron chi connectivity index (χ2n) is 7.21. The van der Waals surface area contributed by atoms with Crippen LogP contribution in [0.5, 0.6) is 0 Å². The first-order valence-corrected chi connectivity index (χ1v) is 8.92. The highest BCUT2D eigenvalue weighted by Crippen LogP contribution is 2.30. The average molecular weight is 388 g/mol. The molecular formula is C21H26ClN3O2. The van der Waals surface area contributed by atoms with Gasteiger partial charge in [-0.3, -0.25) is 9.59 Å². The standard InChI is InChI=1S/C21H25N3O2.ClH/c1-21(14-22)12-13-24(15-21)20(26)18(16-8-4-2-5-9-16)23-19(25)17-10-6-3-7-11-17;/h2-11,18H,12-15,22H2,1H3,(H,23,25);1H. The molecule has 3 rings (SSSR count). The fourth-order valence-electron chi connectivity index (χ4n) is 3.30. The van der Waals surface area contributed by atoms with Gasteiger partial charge in [-0.15, -0.1) is 12.4 Å². The van der Waals surface area contributed by atoms with Crippen LogP contribution in [-0.4, -0.2) is 36.3 Å². The van der Waals surface area contributed by atoms with Crippen molar-refractivity contribution in [1.82, 2.24) is 10.2 Å². The van der Waals surface area contributed by atoms with Gasteiger partial charge >= 0.3 is 0 Å². The second kappa shape index (κ2) is 9.02. The lowest BCUT2D eigenvalue weighted by molar-refractivity contribution is -0.132. The summed E-state index contributed by atoms with van der Waals surface area (Å²) in [5.74, 6) is -0.341. The Morgan fingerprint density at radius 3 is 2.26 bits per heavy atom. The molecule has 0 radical (unpaired) electrons. The third-order valence-electron chi connectivity index (χ3n) is 5.05. The molecule has 2 atom stereocenters. The number of rotatable bonds is 5. The molecule has 0 aliphatic carbocycles. The van der Waals surface area contributed by atoms with Crippen LogP contribution in [0.4, 0.5) is 0 Å². The van der Waals surface area contributed by atoms with Crippen molar-refractivity contribution in [3.05, 3.63) is 71.8 Å². The Balaban J connectivity index is 0.00000261. The van der Waals surface area contributed by atoms with E-state index in [9.17, 15) is 9.59 Å². The zero-order chi connectivity index (χ0) is 18.6. The second-order valence-corrected chi connectivity index (χ2v) is 7.21. The summed E-state index contributed by atoms with van der Waals surface area (Å²) < 4.78 is 0. The van der Waals surface area contributed by atoms with Crippen LogP contribution in [0.15, 0.2) is 60.7 Å². The predicted molar refractivity (Wildman–Crippen MR) is 109 cm³/mol. The number of carbonyl (C=O) groups is 2. The van der Waals surface area contributed by atoms with Crippen LogP contribution in [0.2, 0.25) is 0 Å². The molecule has 27 heavy (non-hydrogen) atoms. The Hall–Kier alpha value is -2.37. The third-order valence-corrected chi connectivity index (χ3v) is 5.05. The molecule has 144 valence electrons. The Kier molecular flexibility index (Phi) is 6.99. The largest absolute Gasteiger partial charge is 0.340 e. The van der Waals surface area contributed by atoms with Crippen LogP contribution in [0.1, 0.15) is 35.3 Å². The zero-order valence-electron chi connectivity index (χ0n) is 15.4. The van der Waals surface area contributed by atoms with Crippen molar-refractivity contribution < 1.29 is 9.59 Å². The van der Waals surface area contributed by atoms with E-state index < -0.39 is 6.04 Å². The zero-order valence-corrected chi connectivity index (χ0v) is 16.2. The number of nitrogens with zero attached hydrogens (tertiary/aromatic N) is 1. The monoisotopic (exact) mass is 387 g/mol. The number of hydrogen-bond acceptors (Lipinski definition) is 3. The number of halogens is 1. The van der Waals surface area contributed by atoms with Crippen molar-refractivity contribution in [3.8, 4) is 0 Å². The van der Waals surface area contributed by atoms with E-state index in [0.717, 1.165) is 12.0 Å². The molecule has 0 bridgehead atoms. The molecule has 1 heterocycles. The van der Waals surface area contributed by atoms with Crippen molar-refractivity contribution in [2.45, 2.75) is 19.4 Å². The fourth-order valence-corrected chi connectivity index (χ4v) is 3.30. The van der Waals surface area contributed by atoms with E-state index in [1.807, 2.05) is 41.3 Å². The number of nitrogens with two attached hydrogens (primary N) is 1. The summed E-state index contributed by atoms with van der Waals surface area (Å²) in [6.07, 6.45) is 0.878. The topological polar surface area (TPSA) is 75.4 Å². The third kappa shape index (κ3) is 4.87. The summed E-state index contributed by atoms with van der Waals surface area (Å²) in [5, 5.41) is 2.91. The van der Waals surface area contributed by atoms with Gasteiger partial charge in [-0.05, 0) is 36.1 Å². The van der Waals surface area contributed by atoms with Gasteiger partial charge in [0, 0.05) is 18.7 Å². The molecule has 0 spiro atoms. The maximum atomic E-state index is 13.2. The number of benzene rings is 2. The van der Waals surface area contributed by atoms with Crippen molar-refractivity contribution in [2.75, 3.05) is 19.6 Å². The van der Waals surface area contributed by atoms with Crippen LogP contribution in [0, 0.1) is 5.41 Å². The molecule has 3 N–H and O–H groups in total.